The smallest absolute Gasteiger partial charge is 0.249 e. The number of halogens is 1. The normalized spacial score (nSPS) is 19.3. The Hall–Kier alpha value is -2.63. The van der Waals surface area contributed by atoms with Crippen LogP contribution in [0.2, 0.25) is 0 Å². The minimum atomic E-state index is -0.607. The third kappa shape index (κ3) is 3.11. The maximum absolute atomic E-state index is 15.0. The molecule has 0 aromatic heterocycles. The van der Waals surface area contributed by atoms with Gasteiger partial charge >= 0.3 is 0 Å². The Labute approximate surface area is 152 Å². The highest BCUT2D eigenvalue weighted by atomic mass is 19.1. The average Bonchev–Trinajstić information content (AvgIpc) is 2.89. The van der Waals surface area contributed by atoms with E-state index in [1.807, 2.05) is 18.7 Å². The van der Waals surface area contributed by atoms with E-state index in [1.165, 1.54) is 12.1 Å². The summed E-state index contributed by atoms with van der Waals surface area (Å²) >= 11 is 0. The Balaban J connectivity index is 2.03. The van der Waals surface area contributed by atoms with Crippen LogP contribution in [-0.4, -0.2) is 30.9 Å². The number of amides is 2. The molecule has 0 radical (unpaired) electrons. The Morgan fingerprint density at radius 2 is 2.15 bits per heavy atom. The Morgan fingerprint density at radius 3 is 2.81 bits per heavy atom. The summed E-state index contributed by atoms with van der Waals surface area (Å²) < 4.78 is 15.0. The number of hydrogen-bond acceptors (Lipinski definition) is 3. The molecule has 26 heavy (non-hydrogen) atoms. The van der Waals surface area contributed by atoms with E-state index >= 15 is 4.39 Å². The van der Waals surface area contributed by atoms with Gasteiger partial charge in [0.15, 0.2) is 0 Å². The number of rotatable bonds is 4. The molecule has 0 saturated carbocycles. The van der Waals surface area contributed by atoms with Gasteiger partial charge in [-0.25, -0.2) is 4.39 Å². The van der Waals surface area contributed by atoms with E-state index < -0.39 is 11.7 Å². The van der Waals surface area contributed by atoms with Gasteiger partial charge < -0.3 is 16.0 Å². The first-order valence-corrected chi connectivity index (χ1v) is 8.83. The van der Waals surface area contributed by atoms with Crippen LogP contribution in [0.15, 0.2) is 24.3 Å². The number of carbonyl (C=O) groups is 2. The van der Waals surface area contributed by atoms with Crippen LogP contribution in [0.25, 0.3) is 5.57 Å². The molecule has 1 atom stereocenters. The maximum Gasteiger partial charge on any atom is 0.249 e. The molecule has 1 heterocycles. The van der Waals surface area contributed by atoms with Gasteiger partial charge in [-0.15, -0.1) is 0 Å². The fourth-order valence-corrected chi connectivity index (χ4v) is 3.97. The van der Waals surface area contributed by atoms with Crippen LogP contribution in [-0.2, 0) is 11.2 Å². The molecule has 5 nitrogen and oxygen atoms in total. The Bertz CT molecular complexity index is 829. The van der Waals surface area contributed by atoms with Crippen LogP contribution >= 0.6 is 0 Å². The molecule has 1 aliphatic heterocycles. The van der Waals surface area contributed by atoms with Crippen molar-refractivity contribution in [1.29, 1.82) is 0 Å². The zero-order chi connectivity index (χ0) is 19.0. The number of benzene rings is 1. The van der Waals surface area contributed by atoms with Gasteiger partial charge in [-0.05, 0) is 56.4 Å². The van der Waals surface area contributed by atoms with Crippen LogP contribution < -0.4 is 16.0 Å². The van der Waals surface area contributed by atoms with Crippen LogP contribution in [0.4, 0.5) is 10.1 Å². The predicted molar refractivity (Wildman–Crippen MR) is 100 cm³/mol. The van der Waals surface area contributed by atoms with E-state index in [0.29, 0.717) is 25.2 Å². The lowest BCUT2D eigenvalue weighted by Gasteiger charge is -2.36. The molecule has 2 aliphatic rings. The van der Waals surface area contributed by atoms with Crippen molar-refractivity contribution in [3.63, 3.8) is 0 Å². The second-order valence-corrected chi connectivity index (χ2v) is 7.05. The second-order valence-electron chi connectivity index (χ2n) is 7.05. The van der Waals surface area contributed by atoms with Crippen molar-refractivity contribution in [2.45, 2.75) is 39.2 Å². The number of carbonyl (C=O) groups excluding carboxylic acids is 2. The largest absolute Gasteiger partial charge is 0.367 e. The fourth-order valence-electron chi connectivity index (χ4n) is 3.97. The molecule has 3 N–H and O–H groups in total. The zero-order valence-corrected chi connectivity index (χ0v) is 15.2. The monoisotopic (exact) mass is 357 g/mol. The number of nitrogens with zero attached hydrogens (tertiary/aromatic N) is 1. The van der Waals surface area contributed by atoms with Gasteiger partial charge in [0.05, 0.1) is 5.69 Å². The summed E-state index contributed by atoms with van der Waals surface area (Å²) in [6.45, 7) is 8.64. The van der Waals surface area contributed by atoms with Crippen LogP contribution in [0.5, 0.6) is 0 Å². The molecule has 3 rings (SSSR count). The van der Waals surface area contributed by atoms with Crippen molar-refractivity contribution in [3.8, 4) is 0 Å². The van der Waals surface area contributed by atoms with Crippen molar-refractivity contribution >= 4 is 23.1 Å². The van der Waals surface area contributed by atoms with Crippen LogP contribution in [0.1, 0.15) is 48.2 Å². The van der Waals surface area contributed by atoms with Gasteiger partial charge in [0.1, 0.15) is 5.82 Å². The van der Waals surface area contributed by atoms with Crippen molar-refractivity contribution in [2.75, 3.05) is 18.0 Å². The molecule has 1 fully saturated rings. The van der Waals surface area contributed by atoms with E-state index in [-0.39, 0.29) is 17.5 Å². The minimum Gasteiger partial charge on any atom is -0.367 e. The molecule has 6 heteroatoms. The lowest BCUT2D eigenvalue weighted by Crippen LogP contribution is -2.48. The number of nitrogens with two attached hydrogens (primary N) is 1. The molecule has 0 unspecified atom stereocenters. The van der Waals surface area contributed by atoms with E-state index in [0.717, 1.165) is 35.1 Å². The molecule has 0 bridgehead atoms. The summed E-state index contributed by atoms with van der Waals surface area (Å²) in [6, 6.07) is 1.20. The number of fused-ring (bicyclic) bond motifs is 1. The summed E-state index contributed by atoms with van der Waals surface area (Å²) in [6.07, 6.45) is 3.54. The third-order valence-corrected chi connectivity index (χ3v) is 5.35. The fraction of sp³-hybridized carbons (Fsp3) is 0.400. The highest BCUT2D eigenvalue weighted by molar-refractivity contribution is 5.99. The molecular weight excluding hydrogens is 333 g/mol. The topological polar surface area (TPSA) is 75.4 Å². The van der Waals surface area contributed by atoms with E-state index in [4.69, 9.17) is 5.73 Å². The van der Waals surface area contributed by atoms with Crippen molar-refractivity contribution in [1.82, 2.24) is 5.32 Å². The van der Waals surface area contributed by atoms with Crippen LogP contribution in [0, 0.1) is 5.82 Å². The van der Waals surface area contributed by atoms with E-state index in [2.05, 4.69) is 11.9 Å². The highest BCUT2D eigenvalue weighted by Gasteiger charge is 2.31. The first-order valence-electron chi connectivity index (χ1n) is 8.83. The Kier molecular flexibility index (Phi) is 4.85. The Morgan fingerprint density at radius 1 is 1.42 bits per heavy atom. The summed E-state index contributed by atoms with van der Waals surface area (Å²) in [4.78, 5) is 25.4. The van der Waals surface area contributed by atoms with Crippen molar-refractivity contribution in [2.24, 2.45) is 5.73 Å². The van der Waals surface area contributed by atoms with Crippen LogP contribution in [0.3, 0.4) is 0 Å². The zero-order valence-electron chi connectivity index (χ0n) is 15.2. The van der Waals surface area contributed by atoms with E-state index in [1.54, 1.807) is 0 Å². The predicted octanol–water partition coefficient (Wildman–Crippen LogP) is 2.55. The summed E-state index contributed by atoms with van der Waals surface area (Å²) in [5.41, 5.74) is 9.94. The van der Waals surface area contributed by atoms with Crippen molar-refractivity contribution < 1.29 is 14.0 Å². The molecular formula is C20H24FN3O2. The summed E-state index contributed by atoms with van der Waals surface area (Å²) in [5.74, 6) is -1.27. The van der Waals surface area contributed by atoms with Crippen molar-refractivity contribution in [3.05, 3.63) is 46.8 Å². The van der Waals surface area contributed by atoms with Gasteiger partial charge in [-0.3, -0.25) is 9.59 Å². The highest BCUT2D eigenvalue weighted by Crippen LogP contribution is 2.43. The SMILES string of the molecule is C=CC(=O)N[C@H]1CCCN(c2c(F)cc(C(N)=O)c3c2C(C)=C(C)C3)C1. The molecule has 138 valence electrons. The standard InChI is InChI=1S/C20H24FN3O2/c1-4-17(25)23-13-6-5-7-24(10-13)19-16(21)9-15(20(22)26)14-8-11(2)12(3)18(14)19/h4,9,13H,1,5-8,10H2,2-3H3,(H2,22,26)(H,23,25)/t13-/m0/s1. The number of nitrogens with one attached hydrogen (secondary N) is 1. The molecule has 2 amide bonds. The number of primary amides is 1. The second kappa shape index (κ2) is 6.94. The lowest BCUT2D eigenvalue weighted by molar-refractivity contribution is -0.117. The number of piperidine rings is 1. The number of hydrogen-bond donors (Lipinski definition) is 2. The minimum absolute atomic E-state index is 0.0631. The number of allylic oxidation sites excluding steroid dienone is 2. The summed E-state index contributed by atoms with van der Waals surface area (Å²) in [7, 11) is 0. The average molecular weight is 357 g/mol. The molecule has 1 aliphatic carbocycles. The molecule has 1 saturated heterocycles. The maximum atomic E-state index is 15.0. The molecule has 1 aromatic carbocycles. The lowest BCUT2D eigenvalue weighted by atomic mass is 9.95. The quantitative estimate of drug-likeness (QED) is 0.813. The summed E-state index contributed by atoms with van der Waals surface area (Å²) in [5, 5.41) is 2.90. The first-order chi connectivity index (χ1) is 12.3. The van der Waals surface area contributed by atoms with E-state index in [9.17, 15) is 9.59 Å². The molecule has 1 aromatic rings. The first kappa shape index (κ1) is 18.2. The van der Waals surface area contributed by atoms with Gasteiger partial charge in [0, 0.05) is 30.3 Å². The van der Waals surface area contributed by atoms with Gasteiger partial charge in [0.2, 0.25) is 11.8 Å². The molecule has 0 spiro atoms. The van der Waals surface area contributed by atoms with Gasteiger partial charge in [-0.2, -0.15) is 0 Å². The van der Waals surface area contributed by atoms with Gasteiger partial charge in [-0.1, -0.05) is 12.2 Å². The number of anilines is 1. The third-order valence-electron chi connectivity index (χ3n) is 5.35. The van der Waals surface area contributed by atoms with Gasteiger partial charge in [0.25, 0.3) is 0 Å².